The number of aryl methyl sites for hydroxylation is 1. The molecule has 0 radical (unpaired) electrons. The second kappa shape index (κ2) is 10.2. The molecule has 1 fully saturated rings. The molecule has 0 aliphatic heterocycles. The lowest BCUT2D eigenvalue weighted by Gasteiger charge is -2.10. The van der Waals surface area contributed by atoms with E-state index in [4.69, 9.17) is 4.74 Å². The molecule has 1 aliphatic rings. The molecule has 0 spiro atoms. The standard InChI is InChI=1S/C23H30N2O4S/c1-17(2)29-16-20-5-3-4-19(14-20)15-24-23(26)13-8-18-6-11-22(12-7-18)30(27,28)25-21-9-10-21/h3-7,11-12,14,17,21,25H,8-10,13,15-16H2,1-2H3,(H,24,26). The zero-order valence-corrected chi connectivity index (χ0v) is 18.4. The predicted octanol–water partition coefficient (Wildman–Crippen LogP) is 3.30. The number of hydrogen-bond acceptors (Lipinski definition) is 4. The monoisotopic (exact) mass is 430 g/mol. The molecule has 0 aromatic heterocycles. The lowest BCUT2D eigenvalue weighted by Crippen LogP contribution is -2.25. The van der Waals surface area contributed by atoms with Gasteiger partial charge in [-0.05, 0) is 61.9 Å². The largest absolute Gasteiger partial charge is 0.374 e. The van der Waals surface area contributed by atoms with Gasteiger partial charge in [-0.3, -0.25) is 4.79 Å². The van der Waals surface area contributed by atoms with E-state index < -0.39 is 10.0 Å². The minimum atomic E-state index is -3.44. The highest BCUT2D eigenvalue weighted by Gasteiger charge is 2.27. The van der Waals surface area contributed by atoms with E-state index in [-0.39, 0.29) is 22.9 Å². The zero-order valence-electron chi connectivity index (χ0n) is 17.6. The highest BCUT2D eigenvalue weighted by Crippen LogP contribution is 2.22. The van der Waals surface area contributed by atoms with Gasteiger partial charge in [-0.25, -0.2) is 13.1 Å². The third-order valence-electron chi connectivity index (χ3n) is 4.84. The Morgan fingerprint density at radius 2 is 1.77 bits per heavy atom. The molecule has 2 aromatic rings. The first-order chi connectivity index (χ1) is 14.3. The molecule has 0 bridgehead atoms. The van der Waals surface area contributed by atoms with Crippen molar-refractivity contribution in [2.75, 3.05) is 0 Å². The maximum Gasteiger partial charge on any atom is 0.240 e. The predicted molar refractivity (Wildman–Crippen MR) is 116 cm³/mol. The molecule has 30 heavy (non-hydrogen) atoms. The van der Waals surface area contributed by atoms with Gasteiger partial charge in [0.2, 0.25) is 15.9 Å². The molecule has 1 aliphatic carbocycles. The second-order valence-corrected chi connectivity index (χ2v) is 9.71. The molecule has 2 aromatic carbocycles. The average molecular weight is 431 g/mol. The van der Waals surface area contributed by atoms with Crippen molar-refractivity contribution in [3.63, 3.8) is 0 Å². The van der Waals surface area contributed by atoms with Gasteiger partial charge in [0.15, 0.2) is 0 Å². The van der Waals surface area contributed by atoms with E-state index in [1.807, 2.05) is 38.1 Å². The molecule has 0 unspecified atom stereocenters. The van der Waals surface area contributed by atoms with Crippen LogP contribution in [0.3, 0.4) is 0 Å². The lowest BCUT2D eigenvalue weighted by molar-refractivity contribution is -0.121. The lowest BCUT2D eigenvalue weighted by atomic mass is 10.1. The molecule has 7 heteroatoms. The maximum absolute atomic E-state index is 12.2. The van der Waals surface area contributed by atoms with Gasteiger partial charge < -0.3 is 10.1 Å². The van der Waals surface area contributed by atoms with Crippen molar-refractivity contribution in [1.29, 1.82) is 0 Å². The number of rotatable bonds is 11. The topological polar surface area (TPSA) is 84.5 Å². The van der Waals surface area contributed by atoms with Gasteiger partial charge >= 0.3 is 0 Å². The Balaban J connectivity index is 1.44. The summed E-state index contributed by atoms with van der Waals surface area (Å²) in [5.74, 6) is -0.0362. The fraction of sp³-hybridized carbons (Fsp3) is 0.435. The zero-order chi connectivity index (χ0) is 21.6. The Labute approximate surface area is 179 Å². The molecule has 3 rings (SSSR count). The van der Waals surface area contributed by atoms with Crippen LogP contribution in [0.4, 0.5) is 0 Å². The van der Waals surface area contributed by atoms with Crippen LogP contribution in [-0.4, -0.2) is 26.5 Å². The van der Waals surface area contributed by atoms with E-state index in [1.54, 1.807) is 24.3 Å². The Morgan fingerprint density at radius 3 is 2.43 bits per heavy atom. The highest BCUT2D eigenvalue weighted by atomic mass is 32.2. The minimum absolute atomic E-state index is 0.0362. The van der Waals surface area contributed by atoms with E-state index in [0.717, 1.165) is 29.5 Å². The SMILES string of the molecule is CC(C)OCc1cccc(CNC(=O)CCc2ccc(S(=O)(=O)NC3CC3)cc2)c1. The summed E-state index contributed by atoms with van der Waals surface area (Å²) in [6.45, 7) is 5.03. The number of nitrogens with one attached hydrogen (secondary N) is 2. The summed E-state index contributed by atoms with van der Waals surface area (Å²) in [6, 6.07) is 14.8. The number of sulfonamides is 1. The van der Waals surface area contributed by atoms with Crippen LogP contribution in [0.15, 0.2) is 53.4 Å². The summed E-state index contributed by atoms with van der Waals surface area (Å²) >= 11 is 0. The van der Waals surface area contributed by atoms with E-state index in [9.17, 15) is 13.2 Å². The molecule has 6 nitrogen and oxygen atoms in total. The van der Waals surface area contributed by atoms with Gasteiger partial charge in [0, 0.05) is 19.0 Å². The van der Waals surface area contributed by atoms with Gasteiger partial charge in [0.1, 0.15) is 0 Å². The van der Waals surface area contributed by atoms with Gasteiger partial charge in [-0.15, -0.1) is 0 Å². The van der Waals surface area contributed by atoms with Gasteiger partial charge in [-0.1, -0.05) is 36.4 Å². The summed E-state index contributed by atoms with van der Waals surface area (Å²) in [6.07, 6.45) is 2.90. The molecule has 162 valence electrons. The van der Waals surface area contributed by atoms with E-state index in [2.05, 4.69) is 10.0 Å². The van der Waals surface area contributed by atoms with Crippen molar-refractivity contribution in [2.45, 2.75) is 69.7 Å². The smallest absolute Gasteiger partial charge is 0.240 e. The van der Waals surface area contributed by atoms with Gasteiger partial charge in [-0.2, -0.15) is 0 Å². The van der Waals surface area contributed by atoms with Crippen LogP contribution in [0.25, 0.3) is 0 Å². The molecular weight excluding hydrogens is 400 g/mol. The van der Waals surface area contributed by atoms with Crippen molar-refractivity contribution in [2.24, 2.45) is 0 Å². The summed E-state index contributed by atoms with van der Waals surface area (Å²) in [7, 11) is -3.44. The highest BCUT2D eigenvalue weighted by molar-refractivity contribution is 7.89. The number of benzene rings is 2. The van der Waals surface area contributed by atoms with E-state index >= 15 is 0 Å². The van der Waals surface area contributed by atoms with Crippen molar-refractivity contribution < 1.29 is 17.9 Å². The van der Waals surface area contributed by atoms with Crippen molar-refractivity contribution in [3.05, 3.63) is 65.2 Å². The Hall–Kier alpha value is -2.22. The molecule has 0 heterocycles. The average Bonchev–Trinajstić information content (AvgIpc) is 3.53. The van der Waals surface area contributed by atoms with Crippen LogP contribution < -0.4 is 10.0 Å². The first-order valence-corrected chi connectivity index (χ1v) is 11.9. The number of amides is 1. The summed E-state index contributed by atoms with van der Waals surface area (Å²) < 4.78 is 32.7. The van der Waals surface area contributed by atoms with E-state index in [0.29, 0.717) is 26.0 Å². The molecule has 1 amide bonds. The molecule has 0 saturated heterocycles. The van der Waals surface area contributed by atoms with Crippen LogP contribution in [0.5, 0.6) is 0 Å². The maximum atomic E-state index is 12.2. The van der Waals surface area contributed by atoms with Crippen LogP contribution in [-0.2, 0) is 39.1 Å². The molecule has 2 N–H and O–H groups in total. The first kappa shape index (κ1) is 22.5. The molecule has 1 saturated carbocycles. The van der Waals surface area contributed by atoms with E-state index in [1.165, 1.54) is 0 Å². The van der Waals surface area contributed by atoms with Crippen molar-refractivity contribution in [3.8, 4) is 0 Å². The summed E-state index contributed by atoms with van der Waals surface area (Å²) in [5.41, 5.74) is 3.05. The van der Waals surface area contributed by atoms with Crippen molar-refractivity contribution >= 4 is 15.9 Å². The van der Waals surface area contributed by atoms with Crippen LogP contribution in [0.1, 0.15) is 49.8 Å². The fourth-order valence-corrected chi connectivity index (χ4v) is 4.27. The Morgan fingerprint density at radius 1 is 1.07 bits per heavy atom. The quantitative estimate of drug-likeness (QED) is 0.573. The van der Waals surface area contributed by atoms with Crippen LogP contribution in [0, 0.1) is 0 Å². The van der Waals surface area contributed by atoms with Crippen LogP contribution >= 0.6 is 0 Å². The van der Waals surface area contributed by atoms with Crippen LogP contribution in [0.2, 0.25) is 0 Å². The number of ether oxygens (including phenoxy) is 1. The number of carbonyl (C=O) groups excluding carboxylic acids is 1. The Kier molecular flexibility index (Phi) is 7.64. The Bertz CT molecular complexity index is 951. The third-order valence-corrected chi connectivity index (χ3v) is 6.37. The summed E-state index contributed by atoms with van der Waals surface area (Å²) in [4.78, 5) is 12.5. The van der Waals surface area contributed by atoms with Crippen molar-refractivity contribution in [1.82, 2.24) is 10.0 Å². The van der Waals surface area contributed by atoms with Gasteiger partial charge in [0.25, 0.3) is 0 Å². The molecular formula is C23H30N2O4S. The third kappa shape index (κ3) is 7.23. The molecule has 0 atom stereocenters. The normalized spacial score (nSPS) is 14.1. The van der Waals surface area contributed by atoms with Gasteiger partial charge in [0.05, 0.1) is 17.6 Å². The fourth-order valence-electron chi connectivity index (χ4n) is 2.96. The minimum Gasteiger partial charge on any atom is -0.374 e. The number of carbonyl (C=O) groups is 1. The second-order valence-electron chi connectivity index (χ2n) is 8.00. The number of hydrogen-bond donors (Lipinski definition) is 2. The summed E-state index contributed by atoms with van der Waals surface area (Å²) in [5, 5.41) is 2.94. The first-order valence-electron chi connectivity index (χ1n) is 10.4.